The summed E-state index contributed by atoms with van der Waals surface area (Å²) in [6.45, 7) is 2.94. The molecule has 2 nitrogen and oxygen atoms in total. The van der Waals surface area contributed by atoms with E-state index in [4.69, 9.17) is 4.74 Å². The van der Waals surface area contributed by atoms with Gasteiger partial charge in [0.15, 0.2) is 0 Å². The first kappa shape index (κ1) is 16.6. The SMILES string of the molecule is C=C1C(Br)=CC=C(c2c(F)cc(OC)cc2F)N1CC(F)F. The molecular formula is C15H12BrF4NO. The molecule has 1 aromatic carbocycles. The molecule has 1 aliphatic heterocycles. The number of allylic oxidation sites excluding steroid dienone is 3. The monoisotopic (exact) mass is 377 g/mol. The van der Waals surface area contributed by atoms with E-state index in [2.05, 4.69) is 22.5 Å². The number of nitrogens with zero attached hydrogens (tertiary/aromatic N) is 1. The van der Waals surface area contributed by atoms with Gasteiger partial charge in [-0.25, -0.2) is 17.6 Å². The minimum absolute atomic E-state index is 0.00566. The first-order chi connectivity index (χ1) is 10.3. The van der Waals surface area contributed by atoms with E-state index >= 15 is 0 Å². The molecule has 7 heteroatoms. The molecule has 0 aromatic heterocycles. The van der Waals surface area contributed by atoms with Crippen molar-refractivity contribution >= 4 is 21.6 Å². The van der Waals surface area contributed by atoms with Crippen molar-refractivity contribution in [3.05, 3.63) is 58.2 Å². The largest absolute Gasteiger partial charge is 0.497 e. The number of hydrogen-bond donors (Lipinski definition) is 0. The van der Waals surface area contributed by atoms with Crippen molar-refractivity contribution in [1.29, 1.82) is 0 Å². The predicted octanol–water partition coefficient (Wildman–Crippen LogP) is 4.69. The van der Waals surface area contributed by atoms with Crippen molar-refractivity contribution in [2.45, 2.75) is 6.43 Å². The molecule has 0 saturated heterocycles. The van der Waals surface area contributed by atoms with E-state index in [9.17, 15) is 17.6 Å². The van der Waals surface area contributed by atoms with Crippen molar-refractivity contribution in [3.63, 3.8) is 0 Å². The Kier molecular flexibility index (Phi) is 4.95. The zero-order chi connectivity index (χ0) is 16.4. The van der Waals surface area contributed by atoms with Gasteiger partial charge in [0.1, 0.15) is 17.4 Å². The van der Waals surface area contributed by atoms with Gasteiger partial charge in [-0.3, -0.25) is 0 Å². The maximum absolute atomic E-state index is 14.2. The third kappa shape index (κ3) is 3.19. The molecule has 22 heavy (non-hydrogen) atoms. The highest BCUT2D eigenvalue weighted by Crippen LogP contribution is 2.36. The smallest absolute Gasteiger partial charge is 0.256 e. The Hall–Kier alpha value is -1.76. The predicted molar refractivity (Wildman–Crippen MR) is 79.7 cm³/mol. The van der Waals surface area contributed by atoms with Crippen LogP contribution in [0.5, 0.6) is 5.75 Å². The van der Waals surface area contributed by atoms with Crippen molar-refractivity contribution in [1.82, 2.24) is 4.90 Å². The summed E-state index contributed by atoms with van der Waals surface area (Å²) in [5.74, 6) is -1.80. The van der Waals surface area contributed by atoms with Crippen LogP contribution in [0, 0.1) is 11.6 Å². The number of halogens is 5. The first-order valence-corrected chi connectivity index (χ1v) is 7.00. The van der Waals surface area contributed by atoms with Gasteiger partial charge in [0.05, 0.1) is 24.9 Å². The van der Waals surface area contributed by atoms with Gasteiger partial charge in [0, 0.05) is 22.3 Å². The van der Waals surface area contributed by atoms with Crippen LogP contribution in [0.25, 0.3) is 5.70 Å². The van der Waals surface area contributed by atoms with E-state index < -0.39 is 30.2 Å². The summed E-state index contributed by atoms with van der Waals surface area (Å²) in [6, 6.07) is 1.99. The quantitative estimate of drug-likeness (QED) is 0.705. The summed E-state index contributed by atoms with van der Waals surface area (Å²) in [6.07, 6.45) is 0.167. The highest BCUT2D eigenvalue weighted by molar-refractivity contribution is 9.12. The Morgan fingerprint density at radius 3 is 2.32 bits per heavy atom. The number of hydrogen-bond acceptors (Lipinski definition) is 2. The summed E-state index contributed by atoms with van der Waals surface area (Å²) >= 11 is 3.17. The summed E-state index contributed by atoms with van der Waals surface area (Å²) in [4.78, 5) is 1.07. The Morgan fingerprint density at radius 1 is 1.23 bits per heavy atom. The third-order valence-corrected chi connectivity index (χ3v) is 3.83. The maximum Gasteiger partial charge on any atom is 0.256 e. The minimum atomic E-state index is -2.69. The lowest BCUT2D eigenvalue weighted by Crippen LogP contribution is -2.29. The second-order valence-electron chi connectivity index (χ2n) is 4.48. The van der Waals surface area contributed by atoms with Crippen molar-refractivity contribution in [2.24, 2.45) is 0 Å². The molecule has 0 saturated carbocycles. The van der Waals surface area contributed by atoms with Gasteiger partial charge >= 0.3 is 0 Å². The molecule has 1 aromatic rings. The minimum Gasteiger partial charge on any atom is -0.497 e. The fourth-order valence-corrected chi connectivity index (χ4v) is 2.44. The molecule has 0 fully saturated rings. The molecule has 0 atom stereocenters. The average molecular weight is 378 g/mol. The Labute approximate surface area is 133 Å². The van der Waals surface area contributed by atoms with Gasteiger partial charge in [0.2, 0.25) is 0 Å². The molecule has 118 valence electrons. The number of rotatable bonds is 4. The average Bonchev–Trinajstić information content (AvgIpc) is 2.44. The van der Waals surface area contributed by atoms with Crippen LogP contribution in [0.2, 0.25) is 0 Å². The normalized spacial score (nSPS) is 15.0. The van der Waals surface area contributed by atoms with E-state index in [0.717, 1.165) is 17.0 Å². The van der Waals surface area contributed by atoms with Crippen LogP contribution in [-0.2, 0) is 0 Å². The second-order valence-corrected chi connectivity index (χ2v) is 5.34. The fraction of sp³-hybridized carbons (Fsp3) is 0.200. The Bertz CT molecular complexity index is 647. The van der Waals surface area contributed by atoms with Crippen LogP contribution in [-0.4, -0.2) is 25.0 Å². The third-order valence-electron chi connectivity index (χ3n) is 3.11. The van der Waals surface area contributed by atoms with Crippen molar-refractivity contribution < 1.29 is 22.3 Å². The standard InChI is InChI=1S/C15H12BrF4NO/c1-8-10(16)3-4-13(21(8)7-14(19)20)15-11(17)5-9(22-2)6-12(15)18/h3-6,14H,1,7H2,2H3. The van der Waals surface area contributed by atoms with Crippen molar-refractivity contribution in [2.75, 3.05) is 13.7 Å². The Morgan fingerprint density at radius 2 is 1.82 bits per heavy atom. The van der Waals surface area contributed by atoms with E-state index in [-0.39, 0.29) is 17.1 Å². The van der Waals surface area contributed by atoms with E-state index in [1.807, 2.05) is 0 Å². The van der Waals surface area contributed by atoms with Crippen LogP contribution in [0.4, 0.5) is 17.6 Å². The molecule has 1 aliphatic rings. The molecule has 0 aliphatic carbocycles. The molecule has 0 spiro atoms. The molecule has 0 bridgehead atoms. The molecule has 1 heterocycles. The summed E-state index contributed by atoms with van der Waals surface area (Å²) in [7, 11) is 1.28. The summed E-state index contributed by atoms with van der Waals surface area (Å²) in [5, 5.41) is 0. The van der Waals surface area contributed by atoms with Crippen LogP contribution in [0.15, 0.2) is 41.0 Å². The lowest BCUT2D eigenvalue weighted by molar-refractivity contribution is 0.123. The van der Waals surface area contributed by atoms with Gasteiger partial charge in [-0.2, -0.15) is 0 Å². The van der Waals surface area contributed by atoms with E-state index in [1.54, 1.807) is 0 Å². The maximum atomic E-state index is 14.2. The van der Waals surface area contributed by atoms with E-state index in [0.29, 0.717) is 4.48 Å². The van der Waals surface area contributed by atoms with Crippen LogP contribution >= 0.6 is 15.9 Å². The van der Waals surface area contributed by atoms with Crippen LogP contribution < -0.4 is 4.74 Å². The second kappa shape index (κ2) is 6.56. The van der Waals surface area contributed by atoms with Gasteiger partial charge in [-0.1, -0.05) is 6.58 Å². The van der Waals surface area contributed by atoms with Gasteiger partial charge in [-0.05, 0) is 28.1 Å². The molecule has 2 rings (SSSR count). The molecular weight excluding hydrogens is 366 g/mol. The molecule has 0 amide bonds. The number of methoxy groups -OCH3 is 1. The molecule has 0 unspecified atom stereocenters. The zero-order valence-corrected chi connectivity index (χ0v) is 13.1. The topological polar surface area (TPSA) is 12.5 Å². The highest BCUT2D eigenvalue weighted by atomic mass is 79.9. The van der Waals surface area contributed by atoms with Crippen LogP contribution in [0.3, 0.4) is 0 Å². The summed E-state index contributed by atoms with van der Waals surface area (Å²) in [5.41, 5.74) is -0.225. The first-order valence-electron chi connectivity index (χ1n) is 6.21. The van der Waals surface area contributed by atoms with E-state index in [1.165, 1.54) is 19.3 Å². The lowest BCUT2D eigenvalue weighted by Gasteiger charge is -2.31. The van der Waals surface area contributed by atoms with Crippen LogP contribution in [0.1, 0.15) is 5.56 Å². The fourth-order valence-electron chi connectivity index (χ4n) is 2.09. The number of benzene rings is 1. The lowest BCUT2D eigenvalue weighted by atomic mass is 10.0. The zero-order valence-electron chi connectivity index (χ0n) is 11.5. The van der Waals surface area contributed by atoms with Gasteiger partial charge < -0.3 is 9.64 Å². The van der Waals surface area contributed by atoms with Gasteiger partial charge in [-0.15, -0.1) is 0 Å². The summed E-state index contributed by atoms with van der Waals surface area (Å²) < 4.78 is 59.2. The number of alkyl halides is 2. The molecule has 0 N–H and O–H groups in total. The highest BCUT2D eigenvalue weighted by Gasteiger charge is 2.27. The Balaban J connectivity index is 2.55. The van der Waals surface area contributed by atoms with Gasteiger partial charge in [0.25, 0.3) is 6.43 Å². The molecule has 0 radical (unpaired) electrons. The number of ether oxygens (including phenoxy) is 1. The van der Waals surface area contributed by atoms with Crippen molar-refractivity contribution in [3.8, 4) is 5.75 Å².